The van der Waals surface area contributed by atoms with E-state index < -0.39 is 12.0 Å². The lowest BCUT2D eigenvalue weighted by Crippen LogP contribution is -2.60. The maximum Gasteiger partial charge on any atom is 0.308 e. The van der Waals surface area contributed by atoms with Crippen molar-refractivity contribution in [2.45, 2.75) is 109 Å². The SMILES string of the molecule is CCCCCCCCCCCCCC(=O)NC(=S)N1CCNC(=O)C1CC(=O)OCCCc1ccccc1. The van der Waals surface area contributed by atoms with Gasteiger partial charge in [0.2, 0.25) is 11.8 Å². The number of carbonyl (C=O) groups is 3. The molecule has 38 heavy (non-hydrogen) atoms. The highest BCUT2D eigenvalue weighted by atomic mass is 32.1. The lowest BCUT2D eigenvalue weighted by molar-refractivity contribution is -0.147. The van der Waals surface area contributed by atoms with Gasteiger partial charge in [-0.1, -0.05) is 101 Å². The van der Waals surface area contributed by atoms with Gasteiger partial charge >= 0.3 is 5.97 Å². The van der Waals surface area contributed by atoms with E-state index in [0.29, 0.717) is 32.5 Å². The third-order valence-corrected chi connectivity index (χ3v) is 7.26. The zero-order chi connectivity index (χ0) is 27.4. The number of aryl methyl sites for hydroxylation is 1. The van der Waals surface area contributed by atoms with Gasteiger partial charge < -0.3 is 20.3 Å². The lowest BCUT2D eigenvalue weighted by Gasteiger charge is -2.36. The summed E-state index contributed by atoms with van der Waals surface area (Å²) in [5.41, 5.74) is 1.19. The smallest absolute Gasteiger partial charge is 0.308 e. The van der Waals surface area contributed by atoms with Gasteiger partial charge in [-0.2, -0.15) is 0 Å². The number of esters is 1. The first-order chi connectivity index (χ1) is 18.5. The summed E-state index contributed by atoms with van der Waals surface area (Å²) in [7, 11) is 0. The van der Waals surface area contributed by atoms with E-state index in [1.54, 1.807) is 4.90 Å². The Morgan fingerprint density at radius 1 is 0.974 bits per heavy atom. The zero-order valence-corrected chi connectivity index (χ0v) is 24.0. The second-order valence-corrected chi connectivity index (χ2v) is 10.5. The van der Waals surface area contributed by atoms with Crippen molar-refractivity contribution in [3.63, 3.8) is 0 Å². The predicted molar refractivity (Wildman–Crippen MR) is 156 cm³/mol. The third-order valence-electron chi connectivity index (χ3n) is 6.92. The highest BCUT2D eigenvalue weighted by Crippen LogP contribution is 2.13. The van der Waals surface area contributed by atoms with Crippen LogP contribution in [0.5, 0.6) is 0 Å². The van der Waals surface area contributed by atoms with Crippen molar-refractivity contribution in [1.29, 1.82) is 0 Å². The number of nitrogens with one attached hydrogen (secondary N) is 2. The normalized spacial score (nSPS) is 15.1. The Balaban J connectivity index is 1.62. The molecule has 8 heteroatoms. The van der Waals surface area contributed by atoms with Gasteiger partial charge in [-0.15, -0.1) is 0 Å². The molecule has 1 aromatic carbocycles. The maximum absolute atomic E-state index is 12.5. The number of piperazine rings is 1. The Hall–Kier alpha value is -2.48. The summed E-state index contributed by atoms with van der Waals surface area (Å²) in [6.07, 6.45) is 15.3. The summed E-state index contributed by atoms with van der Waals surface area (Å²) in [5.74, 6) is -0.862. The molecule has 1 aliphatic heterocycles. The molecule has 7 nitrogen and oxygen atoms in total. The molecule has 0 spiro atoms. The van der Waals surface area contributed by atoms with Crippen LogP contribution in [0, 0.1) is 0 Å². The van der Waals surface area contributed by atoms with Crippen molar-refractivity contribution in [3.8, 4) is 0 Å². The summed E-state index contributed by atoms with van der Waals surface area (Å²) < 4.78 is 5.37. The summed E-state index contributed by atoms with van der Waals surface area (Å²) >= 11 is 5.44. The average molecular weight is 546 g/mol. The molecule has 1 heterocycles. The van der Waals surface area contributed by atoms with Gasteiger partial charge in [0.05, 0.1) is 13.0 Å². The number of unbranched alkanes of at least 4 members (excludes halogenated alkanes) is 10. The summed E-state index contributed by atoms with van der Waals surface area (Å²) in [5, 5.41) is 5.75. The van der Waals surface area contributed by atoms with Gasteiger partial charge in [0.25, 0.3) is 0 Å². The fraction of sp³-hybridized carbons (Fsp3) is 0.667. The van der Waals surface area contributed by atoms with Crippen LogP contribution in [-0.4, -0.2) is 53.5 Å². The topological polar surface area (TPSA) is 87.7 Å². The van der Waals surface area contributed by atoms with Crippen LogP contribution in [0.25, 0.3) is 0 Å². The second kappa shape index (κ2) is 19.6. The largest absolute Gasteiger partial charge is 0.466 e. The van der Waals surface area contributed by atoms with E-state index in [0.717, 1.165) is 25.7 Å². The number of thiocarbonyl (C=S) groups is 1. The molecule has 1 fully saturated rings. The summed E-state index contributed by atoms with van der Waals surface area (Å²) in [6, 6.07) is 9.24. The molecule has 1 unspecified atom stereocenters. The first-order valence-corrected chi connectivity index (χ1v) is 15.0. The van der Waals surface area contributed by atoms with E-state index in [2.05, 4.69) is 17.6 Å². The molecule has 1 atom stereocenters. The minimum Gasteiger partial charge on any atom is -0.466 e. The fourth-order valence-electron chi connectivity index (χ4n) is 4.69. The first kappa shape index (κ1) is 31.7. The predicted octanol–water partition coefficient (Wildman–Crippen LogP) is 5.46. The highest BCUT2D eigenvalue weighted by Gasteiger charge is 2.34. The number of benzene rings is 1. The van der Waals surface area contributed by atoms with E-state index in [1.165, 1.54) is 56.9 Å². The van der Waals surface area contributed by atoms with E-state index in [4.69, 9.17) is 17.0 Å². The van der Waals surface area contributed by atoms with Gasteiger partial charge in [-0.3, -0.25) is 14.4 Å². The minimum atomic E-state index is -0.778. The van der Waals surface area contributed by atoms with Crippen LogP contribution in [0.3, 0.4) is 0 Å². The minimum absolute atomic E-state index is 0.105. The number of ether oxygens (including phenoxy) is 1. The van der Waals surface area contributed by atoms with Gasteiger partial charge in [-0.05, 0) is 37.0 Å². The van der Waals surface area contributed by atoms with Crippen molar-refractivity contribution >= 4 is 35.1 Å². The van der Waals surface area contributed by atoms with Gasteiger partial charge in [0, 0.05) is 19.5 Å². The van der Waals surface area contributed by atoms with Gasteiger partial charge in [0.1, 0.15) is 6.04 Å². The van der Waals surface area contributed by atoms with Crippen LogP contribution in [-0.2, 0) is 25.5 Å². The Kier molecular flexibility index (Phi) is 16.3. The molecule has 0 bridgehead atoms. The number of hydrogen-bond donors (Lipinski definition) is 2. The summed E-state index contributed by atoms with van der Waals surface area (Å²) in [6.45, 7) is 3.39. The standard InChI is InChI=1S/C30H47N3O4S/c1-2-3-4-5-6-7-8-9-10-11-15-20-27(34)32-30(38)33-22-21-31-29(36)26(33)24-28(35)37-23-16-19-25-17-13-12-14-18-25/h12-14,17-18,26H,2-11,15-16,19-24H2,1H3,(H,31,36)(H,32,34,38). The molecular formula is C30H47N3O4S. The third kappa shape index (κ3) is 13.4. The monoisotopic (exact) mass is 545 g/mol. The van der Waals surface area contributed by atoms with Crippen molar-refractivity contribution in [3.05, 3.63) is 35.9 Å². The van der Waals surface area contributed by atoms with E-state index in [1.807, 2.05) is 30.3 Å². The zero-order valence-electron chi connectivity index (χ0n) is 23.2. The van der Waals surface area contributed by atoms with Crippen LogP contribution in [0.1, 0.15) is 102 Å². The Morgan fingerprint density at radius 3 is 2.26 bits per heavy atom. The second-order valence-electron chi connectivity index (χ2n) is 10.2. The van der Waals surface area contributed by atoms with Crippen molar-refractivity contribution < 1.29 is 19.1 Å². The van der Waals surface area contributed by atoms with Crippen LogP contribution in [0.4, 0.5) is 0 Å². The van der Waals surface area contributed by atoms with Crippen molar-refractivity contribution in [1.82, 2.24) is 15.5 Å². The Labute approximate surface area is 234 Å². The van der Waals surface area contributed by atoms with E-state index >= 15 is 0 Å². The Morgan fingerprint density at radius 2 is 1.61 bits per heavy atom. The summed E-state index contributed by atoms with van der Waals surface area (Å²) in [4.78, 5) is 39.0. The molecule has 0 aliphatic carbocycles. The first-order valence-electron chi connectivity index (χ1n) is 14.6. The molecule has 0 aromatic heterocycles. The molecule has 2 amide bonds. The molecule has 0 radical (unpaired) electrons. The number of rotatable bonds is 18. The molecule has 2 rings (SSSR count). The van der Waals surface area contributed by atoms with Crippen molar-refractivity contribution in [2.75, 3.05) is 19.7 Å². The van der Waals surface area contributed by atoms with E-state index in [-0.39, 0.29) is 23.3 Å². The molecular weight excluding hydrogens is 498 g/mol. The molecule has 1 saturated heterocycles. The van der Waals surface area contributed by atoms with E-state index in [9.17, 15) is 14.4 Å². The average Bonchev–Trinajstić information content (AvgIpc) is 2.91. The number of amides is 2. The lowest BCUT2D eigenvalue weighted by atomic mass is 10.1. The molecule has 1 aliphatic rings. The van der Waals surface area contributed by atoms with Gasteiger partial charge in [0.15, 0.2) is 5.11 Å². The van der Waals surface area contributed by atoms with Gasteiger partial charge in [-0.25, -0.2) is 0 Å². The van der Waals surface area contributed by atoms with Crippen LogP contribution in [0.15, 0.2) is 30.3 Å². The van der Waals surface area contributed by atoms with Crippen molar-refractivity contribution in [2.24, 2.45) is 0 Å². The molecule has 212 valence electrons. The van der Waals surface area contributed by atoms with Crippen LogP contribution in [0.2, 0.25) is 0 Å². The Bertz CT molecular complexity index is 849. The molecule has 2 N–H and O–H groups in total. The van der Waals surface area contributed by atoms with Crippen LogP contribution < -0.4 is 10.6 Å². The maximum atomic E-state index is 12.5. The highest BCUT2D eigenvalue weighted by molar-refractivity contribution is 7.80. The molecule has 1 aromatic rings. The van der Waals surface area contributed by atoms with Crippen LogP contribution >= 0.6 is 12.2 Å². The fourth-order valence-corrected chi connectivity index (χ4v) is 5.02. The quantitative estimate of drug-likeness (QED) is 0.145. The molecule has 0 saturated carbocycles. The number of carbonyl (C=O) groups excluding carboxylic acids is 3. The number of nitrogens with zero attached hydrogens (tertiary/aromatic N) is 1. The number of hydrogen-bond acceptors (Lipinski definition) is 5.